The molecule has 3 aromatic rings. The fourth-order valence-corrected chi connectivity index (χ4v) is 3.86. The molecule has 0 saturated carbocycles. The van der Waals surface area contributed by atoms with E-state index in [4.69, 9.17) is 0 Å². The first-order valence-corrected chi connectivity index (χ1v) is 10.8. The van der Waals surface area contributed by atoms with Crippen LogP contribution in [0.2, 0.25) is 0 Å². The van der Waals surface area contributed by atoms with Crippen LogP contribution in [0.3, 0.4) is 0 Å². The maximum Gasteiger partial charge on any atom is 2.00 e. The Morgan fingerprint density at radius 1 is 0.667 bits per heavy atom. The van der Waals surface area contributed by atoms with Crippen molar-refractivity contribution in [2.75, 3.05) is 36.8 Å². The maximum absolute atomic E-state index is 4.53. The number of nitrogens with one attached hydrogen (secondary N) is 2. The van der Waals surface area contributed by atoms with Crippen LogP contribution in [0, 0.1) is 27.7 Å². The molecule has 0 saturated heterocycles. The van der Waals surface area contributed by atoms with E-state index in [1.165, 1.54) is 33.6 Å². The van der Waals surface area contributed by atoms with Gasteiger partial charge in [-0.25, -0.2) is 0 Å². The molecule has 2 N–H and O–H groups in total. The number of nitrogens with zero attached hydrogens (tertiary/aromatic N) is 2. The first-order valence-electron chi connectivity index (χ1n) is 10.8. The first-order chi connectivity index (χ1) is 14.5. The van der Waals surface area contributed by atoms with E-state index in [9.17, 15) is 0 Å². The summed E-state index contributed by atoms with van der Waals surface area (Å²) in [6.45, 7) is 13.2. The Hall–Kier alpha value is -1.61. The number of anilines is 2. The minimum absolute atomic E-state index is 0. The van der Waals surface area contributed by atoms with Crippen molar-refractivity contribution in [1.82, 2.24) is 9.88 Å². The molecule has 1 aromatic heterocycles. The maximum atomic E-state index is 4.53. The van der Waals surface area contributed by atoms with Gasteiger partial charge in [0.05, 0.1) is 5.69 Å². The molecule has 4 nitrogen and oxygen atoms in total. The Morgan fingerprint density at radius 2 is 1.12 bits per heavy atom. The Balaban J connectivity index is 0.00000341. The molecule has 33 heavy (non-hydrogen) atoms. The number of benzene rings is 2. The van der Waals surface area contributed by atoms with Crippen LogP contribution in [-0.4, -0.2) is 36.1 Å². The van der Waals surface area contributed by atoms with Gasteiger partial charge in [0.15, 0.2) is 0 Å². The SMILES string of the molecule is Cc1cccc(C)c1NCCN(CCNc1c(C)cccc1C)Cc1ccccn1.[Cl-].[Cl-].[Pd+2]. The number of aromatic nitrogens is 1. The summed E-state index contributed by atoms with van der Waals surface area (Å²) in [7, 11) is 0. The molecule has 182 valence electrons. The molecule has 3 rings (SSSR count). The summed E-state index contributed by atoms with van der Waals surface area (Å²) in [6.07, 6.45) is 1.87. The normalized spacial score (nSPS) is 9.97. The van der Waals surface area contributed by atoms with Gasteiger partial charge in [0.25, 0.3) is 0 Å². The second-order valence-corrected chi connectivity index (χ2v) is 7.98. The van der Waals surface area contributed by atoms with Gasteiger partial charge in [-0.15, -0.1) is 0 Å². The van der Waals surface area contributed by atoms with Gasteiger partial charge in [0, 0.05) is 50.3 Å². The van der Waals surface area contributed by atoms with E-state index >= 15 is 0 Å². The Kier molecular flexibility index (Phi) is 15.3. The number of hydrogen-bond acceptors (Lipinski definition) is 4. The zero-order valence-corrected chi connectivity index (χ0v) is 22.8. The summed E-state index contributed by atoms with van der Waals surface area (Å²) >= 11 is 0. The van der Waals surface area contributed by atoms with Crippen LogP contribution in [0.1, 0.15) is 27.9 Å². The van der Waals surface area contributed by atoms with E-state index in [0.29, 0.717) is 0 Å². The second-order valence-electron chi connectivity index (χ2n) is 7.98. The van der Waals surface area contributed by atoms with E-state index < -0.39 is 0 Å². The summed E-state index contributed by atoms with van der Waals surface area (Å²) < 4.78 is 0. The molecule has 0 aliphatic rings. The summed E-state index contributed by atoms with van der Waals surface area (Å²) in [4.78, 5) is 6.99. The van der Waals surface area contributed by atoms with Crippen molar-refractivity contribution in [1.29, 1.82) is 0 Å². The van der Waals surface area contributed by atoms with Gasteiger partial charge in [-0.2, -0.15) is 0 Å². The fraction of sp³-hybridized carbons (Fsp3) is 0.346. The molecule has 7 heteroatoms. The molecular weight excluding hydrogens is 546 g/mol. The van der Waals surface area contributed by atoms with Crippen molar-refractivity contribution >= 4 is 11.4 Å². The molecule has 0 unspecified atom stereocenters. The largest absolute Gasteiger partial charge is 2.00 e. The van der Waals surface area contributed by atoms with Gasteiger partial charge in [-0.1, -0.05) is 42.5 Å². The van der Waals surface area contributed by atoms with E-state index in [2.05, 4.69) is 96.7 Å². The van der Waals surface area contributed by atoms with Gasteiger partial charge in [-0.3, -0.25) is 9.88 Å². The van der Waals surface area contributed by atoms with E-state index in [1.807, 2.05) is 12.3 Å². The molecule has 0 bridgehead atoms. The average Bonchev–Trinajstić information content (AvgIpc) is 2.73. The number of halogens is 2. The van der Waals surface area contributed by atoms with E-state index in [1.54, 1.807) is 0 Å². The van der Waals surface area contributed by atoms with Gasteiger partial charge in [0.2, 0.25) is 0 Å². The predicted octanol–water partition coefficient (Wildman–Crippen LogP) is -0.653. The number of pyridine rings is 1. The standard InChI is InChI=1S/C26H34N4.2ClH.Pd/c1-20-9-7-10-21(2)25(20)28-15-17-30(19-24-13-5-6-14-27-24)18-16-29-26-22(3)11-8-12-23(26)4;;;/h5-14,28-29H,15-19H2,1-4H3;2*1H;/q;;;+2/p-2. The van der Waals surface area contributed by atoms with E-state index in [0.717, 1.165) is 38.4 Å². The van der Waals surface area contributed by atoms with Crippen molar-refractivity contribution in [3.8, 4) is 0 Å². The number of aryl methyl sites for hydroxylation is 4. The van der Waals surface area contributed by atoms with E-state index in [-0.39, 0.29) is 45.2 Å². The Labute approximate surface area is 225 Å². The monoisotopic (exact) mass is 578 g/mol. The summed E-state index contributed by atoms with van der Waals surface area (Å²) in [6, 6.07) is 19.0. The summed E-state index contributed by atoms with van der Waals surface area (Å²) in [5, 5.41) is 7.28. The molecule has 0 spiro atoms. The van der Waals surface area contributed by atoms with Crippen molar-refractivity contribution in [2.24, 2.45) is 0 Å². The average molecular weight is 580 g/mol. The molecule has 0 radical (unpaired) electrons. The Morgan fingerprint density at radius 3 is 1.52 bits per heavy atom. The van der Waals surface area contributed by atoms with Crippen LogP contribution in [-0.2, 0) is 27.0 Å². The van der Waals surface area contributed by atoms with Crippen LogP contribution in [0.15, 0.2) is 60.8 Å². The summed E-state index contributed by atoms with van der Waals surface area (Å²) in [5.74, 6) is 0. The van der Waals surface area contributed by atoms with Crippen molar-refractivity contribution in [2.45, 2.75) is 34.2 Å². The Bertz CT molecular complexity index is 856. The van der Waals surface area contributed by atoms with Gasteiger partial charge in [0.1, 0.15) is 0 Å². The van der Waals surface area contributed by atoms with Crippen LogP contribution in [0.5, 0.6) is 0 Å². The molecule has 1 heterocycles. The minimum Gasteiger partial charge on any atom is -1.00 e. The van der Waals surface area contributed by atoms with Crippen molar-refractivity contribution in [3.63, 3.8) is 0 Å². The van der Waals surface area contributed by atoms with Crippen LogP contribution in [0.4, 0.5) is 11.4 Å². The number of para-hydroxylation sites is 2. The number of hydrogen-bond donors (Lipinski definition) is 2. The second kappa shape index (κ2) is 16.1. The molecule has 0 aliphatic heterocycles. The smallest absolute Gasteiger partial charge is 1.00 e. The van der Waals surface area contributed by atoms with Crippen LogP contribution >= 0.6 is 0 Å². The molecule has 0 atom stereocenters. The summed E-state index contributed by atoms with van der Waals surface area (Å²) in [5.41, 5.74) is 8.79. The van der Waals surface area contributed by atoms with Crippen molar-refractivity contribution < 1.29 is 45.2 Å². The van der Waals surface area contributed by atoms with Gasteiger partial charge >= 0.3 is 20.4 Å². The molecule has 0 fully saturated rings. The molecular formula is C26H34Cl2N4Pd. The third kappa shape index (κ3) is 9.65. The van der Waals surface area contributed by atoms with Crippen molar-refractivity contribution in [3.05, 3.63) is 88.7 Å². The minimum atomic E-state index is 0. The molecule has 2 aromatic carbocycles. The predicted molar refractivity (Wildman–Crippen MR) is 128 cm³/mol. The quantitative estimate of drug-likeness (QED) is 0.313. The third-order valence-corrected chi connectivity index (χ3v) is 5.53. The molecule has 0 aliphatic carbocycles. The third-order valence-electron chi connectivity index (χ3n) is 5.53. The van der Waals surface area contributed by atoms with Gasteiger partial charge in [-0.05, 0) is 62.1 Å². The molecule has 0 amide bonds. The zero-order valence-electron chi connectivity index (χ0n) is 19.8. The topological polar surface area (TPSA) is 40.2 Å². The zero-order chi connectivity index (χ0) is 21.3. The van der Waals surface area contributed by atoms with Crippen LogP contribution in [0.25, 0.3) is 0 Å². The first kappa shape index (κ1) is 31.4. The fourth-order valence-electron chi connectivity index (χ4n) is 3.86. The number of rotatable bonds is 10. The van der Waals surface area contributed by atoms with Crippen LogP contribution < -0.4 is 35.4 Å². The van der Waals surface area contributed by atoms with Gasteiger partial charge < -0.3 is 35.4 Å².